The molecule has 88 valence electrons. The largest absolute Gasteiger partial charge is 0.411 e. The molecule has 17 heavy (non-hydrogen) atoms. The second-order valence-corrected chi connectivity index (χ2v) is 3.93. The molecule has 1 saturated carbocycles. The highest BCUT2D eigenvalue weighted by Crippen LogP contribution is 2.28. The normalized spacial score (nSPS) is 25.4. The van der Waals surface area contributed by atoms with Gasteiger partial charge in [-0.25, -0.2) is 0 Å². The topological polar surface area (TPSA) is 82.2 Å². The molecule has 0 spiro atoms. The summed E-state index contributed by atoms with van der Waals surface area (Å²) in [7, 11) is 0. The molecule has 2 N–H and O–H groups in total. The van der Waals surface area contributed by atoms with Gasteiger partial charge in [0.2, 0.25) is 0 Å². The van der Waals surface area contributed by atoms with Crippen LogP contribution in [-0.2, 0) is 4.79 Å². The minimum atomic E-state index is -0.305. The number of carbonyl (C=O) groups is 1. The summed E-state index contributed by atoms with van der Waals surface area (Å²) in [6.45, 7) is 0. The van der Waals surface area contributed by atoms with Gasteiger partial charge in [-0.1, -0.05) is 40.6 Å². The van der Waals surface area contributed by atoms with E-state index < -0.39 is 0 Å². The number of ketones is 1. The van der Waals surface area contributed by atoms with Crippen molar-refractivity contribution in [2.75, 3.05) is 0 Å². The van der Waals surface area contributed by atoms with Gasteiger partial charge < -0.3 is 10.4 Å². The van der Waals surface area contributed by atoms with Crippen molar-refractivity contribution < 1.29 is 15.2 Å². The third kappa shape index (κ3) is 2.18. The summed E-state index contributed by atoms with van der Waals surface area (Å²) >= 11 is 0. The fourth-order valence-corrected chi connectivity index (χ4v) is 2.05. The lowest BCUT2D eigenvalue weighted by atomic mass is 9.81. The number of Topliss-reactive ketones (excluding diaryl/α,β-unsaturated/α-hetero) is 1. The first kappa shape index (κ1) is 11.3. The monoisotopic (exact) mass is 232 g/mol. The molecule has 1 fully saturated rings. The van der Waals surface area contributed by atoms with E-state index in [1.807, 2.05) is 30.3 Å². The highest BCUT2D eigenvalue weighted by molar-refractivity contribution is 6.68. The number of oxime groups is 2. The molecule has 1 atom stereocenters. The van der Waals surface area contributed by atoms with Crippen LogP contribution in [0.3, 0.4) is 0 Å². The van der Waals surface area contributed by atoms with Crippen molar-refractivity contribution in [3.05, 3.63) is 35.9 Å². The van der Waals surface area contributed by atoms with Crippen LogP contribution in [0.2, 0.25) is 0 Å². The van der Waals surface area contributed by atoms with Crippen molar-refractivity contribution in [3.63, 3.8) is 0 Å². The van der Waals surface area contributed by atoms with Crippen molar-refractivity contribution in [2.24, 2.45) is 10.3 Å². The number of hydrogen-bond acceptors (Lipinski definition) is 5. The van der Waals surface area contributed by atoms with Gasteiger partial charge in [0.25, 0.3) is 0 Å². The molecular formula is C12H12N2O3. The maximum absolute atomic E-state index is 11.7. The van der Waals surface area contributed by atoms with Gasteiger partial charge >= 0.3 is 0 Å². The number of carbonyl (C=O) groups excluding carboxylic acids is 1. The molecule has 1 aliphatic carbocycles. The zero-order valence-corrected chi connectivity index (χ0v) is 9.08. The summed E-state index contributed by atoms with van der Waals surface area (Å²) in [6.07, 6.45) is 0.661. The van der Waals surface area contributed by atoms with E-state index in [2.05, 4.69) is 10.3 Å². The Hall–Kier alpha value is -2.17. The summed E-state index contributed by atoms with van der Waals surface area (Å²) in [6, 6.07) is 9.54. The predicted molar refractivity (Wildman–Crippen MR) is 61.9 cm³/mol. The van der Waals surface area contributed by atoms with Crippen LogP contribution in [0.1, 0.15) is 24.3 Å². The van der Waals surface area contributed by atoms with Crippen molar-refractivity contribution in [3.8, 4) is 0 Å². The summed E-state index contributed by atoms with van der Waals surface area (Å²) in [4.78, 5) is 11.7. The van der Waals surface area contributed by atoms with E-state index >= 15 is 0 Å². The van der Waals surface area contributed by atoms with Crippen molar-refractivity contribution in [2.45, 2.75) is 18.8 Å². The minimum Gasteiger partial charge on any atom is -0.411 e. The molecule has 0 amide bonds. The van der Waals surface area contributed by atoms with Crippen LogP contribution in [-0.4, -0.2) is 27.6 Å². The van der Waals surface area contributed by atoms with Crippen molar-refractivity contribution in [1.82, 2.24) is 0 Å². The molecule has 5 heteroatoms. The van der Waals surface area contributed by atoms with Crippen LogP contribution in [0.5, 0.6) is 0 Å². The van der Waals surface area contributed by atoms with E-state index in [4.69, 9.17) is 10.4 Å². The average molecular weight is 232 g/mol. The molecule has 1 aromatic carbocycles. The van der Waals surface area contributed by atoms with Gasteiger partial charge in [-0.05, 0) is 11.5 Å². The molecule has 0 aromatic heterocycles. The zero-order valence-electron chi connectivity index (χ0n) is 9.08. The zero-order chi connectivity index (χ0) is 12.3. The average Bonchev–Trinajstić information content (AvgIpc) is 2.38. The lowest BCUT2D eigenvalue weighted by molar-refractivity contribution is -0.113. The third-order valence-corrected chi connectivity index (χ3v) is 2.90. The Labute approximate surface area is 98.1 Å². The van der Waals surface area contributed by atoms with Gasteiger partial charge in [0, 0.05) is 12.8 Å². The van der Waals surface area contributed by atoms with Gasteiger partial charge in [0.15, 0.2) is 11.5 Å². The molecule has 0 aliphatic heterocycles. The van der Waals surface area contributed by atoms with E-state index in [0.29, 0.717) is 6.42 Å². The van der Waals surface area contributed by atoms with E-state index in [1.54, 1.807) is 0 Å². The maximum atomic E-state index is 11.7. The van der Waals surface area contributed by atoms with Crippen LogP contribution < -0.4 is 0 Å². The SMILES string of the molecule is O=C1C[C@@H](c2ccccc2)CC(=N/O)/C1=N/O. The number of rotatable bonds is 1. The lowest BCUT2D eigenvalue weighted by Crippen LogP contribution is -2.33. The smallest absolute Gasteiger partial charge is 0.187 e. The van der Waals surface area contributed by atoms with Crippen LogP contribution in [0.25, 0.3) is 0 Å². The van der Waals surface area contributed by atoms with Gasteiger partial charge in [0.1, 0.15) is 5.71 Å². The molecule has 0 radical (unpaired) electrons. The fourth-order valence-electron chi connectivity index (χ4n) is 2.05. The van der Waals surface area contributed by atoms with E-state index in [-0.39, 0.29) is 29.5 Å². The first-order chi connectivity index (χ1) is 8.26. The quantitative estimate of drug-likeness (QED) is 0.572. The molecule has 0 bridgehead atoms. The Morgan fingerprint density at radius 1 is 1.06 bits per heavy atom. The van der Waals surface area contributed by atoms with Crippen molar-refractivity contribution in [1.29, 1.82) is 0 Å². The summed E-state index contributed by atoms with van der Waals surface area (Å²) in [5, 5.41) is 23.4. The summed E-state index contributed by atoms with van der Waals surface area (Å²) < 4.78 is 0. The van der Waals surface area contributed by atoms with E-state index in [1.165, 1.54) is 0 Å². The van der Waals surface area contributed by atoms with Gasteiger partial charge in [-0.2, -0.15) is 0 Å². The molecule has 0 unspecified atom stereocenters. The molecule has 1 aromatic rings. The van der Waals surface area contributed by atoms with E-state index in [9.17, 15) is 4.79 Å². The Kier molecular flexibility index (Phi) is 3.18. The Balaban J connectivity index is 2.29. The second kappa shape index (κ2) is 4.78. The third-order valence-electron chi connectivity index (χ3n) is 2.90. The first-order valence-corrected chi connectivity index (χ1v) is 5.27. The second-order valence-electron chi connectivity index (χ2n) is 3.93. The molecule has 5 nitrogen and oxygen atoms in total. The van der Waals surface area contributed by atoms with Gasteiger partial charge in [0.05, 0.1) is 0 Å². The Bertz CT molecular complexity index is 480. The van der Waals surface area contributed by atoms with Crippen LogP contribution in [0.15, 0.2) is 40.6 Å². The van der Waals surface area contributed by atoms with Crippen molar-refractivity contribution >= 4 is 17.2 Å². The highest BCUT2D eigenvalue weighted by Gasteiger charge is 2.32. The van der Waals surface area contributed by atoms with Gasteiger partial charge in [-0.15, -0.1) is 0 Å². The predicted octanol–water partition coefficient (Wildman–Crippen LogP) is 1.79. The van der Waals surface area contributed by atoms with Crippen LogP contribution in [0.4, 0.5) is 0 Å². The lowest BCUT2D eigenvalue weighted by Gasteiger charge is -2.22. The number of nitrogens with zero attached hydrogens (tertiary/aromatic N) is 2. The molecule has 2 rings (SSSR count). The number of benzene rings is 1. The minimum absolute atomic E-state index is 0.0277. The maximum Gasteiger partial charge on any atom is 0.187 e. The number of hydrogen-bond donors (Lipinski definition) is 2. The highest BCUT2D eigenvalue weighted by atomic mass is 16.4. The Morgan fingerprint density at radius 3 is 2.35 bits per heavy atom. The first-order valence-electron chi connectivity index (χ1n) is 5.27. The molecular weight excluding hydrogens is 220 g/mol. The van der Waals surface area contributed by atoms with E-state index in [0.717, 1.165) is 5.56 Å². The fraction of sp³-hybridized carbons (Fsp3) is 0.250. The summed E-state index contributed by atoms with van der Waals surface area (Å²) in [5.41, 5.74) is 1.01. The Morgan fingerprint density at radius 2 is 1.76 bits per heavy atom. The standard InChI is InChI=1S/C12H12N2O3/c15-11-7-9(8-4-2-1-3-5-8)6-10(13-16)12(11)14-17/h1-5,9,16-17H,6-7H2/b13-10-,14-12-/t9-/m0/s1. The van der Waals surface area contributed by atoms with Crippen LogP contribution >= 0.6 is 0 Å². The molecule has 1 aliphatic rings. The van der Waals surface area contributed by atoms with Gasteiger partial charge in [-0.3, -0.25) is 4.79 Å². The summed E-state index contributed by atoms with van der Waals surface area (Å²) in [5.74, 6) is -0.333. The molecule has 0 saturated heterocycles. The van der Waals surface area contributed by atoms with Crippen LogP contribution in [0, 0.1) is 0 Å². The molecule has 0 heterocycles.